The summed E-state index contributed by atoms with van der Waals surface area (Å²) in [5.41, 5.74) is 0.769. The summed E-state index contributed by atoms with van der Waals surface area (Å²) in [6.07, 6.45) is 4.80. The summed E-state index contributed by atoms with van der Waals surface area (Å²) in [5.74, 6) is -0.0516. The van der Waals surface area contributed by atoms with Gasteiger partial charge in [0.2, 0.25) is 0 Å². The molecule has 0 aromatic carbocycles. The Morgan fingerprint density at radius 1 is 1.60 bits per heavy atom. The van der Waals surface area contributed by atoms with E-state index in [0.29, 0.717) is 17.2 Å². The topological polar surface area (TPSA) is 46.3 Å². The van der Waals surface area contributed by atoms with Crippen molar-refractivity contribution in [2.45, 2.75) is 32.7 Å². The van der Waals surface area contributed by atoms with E-state index in [9.17, 15) is 4.79 Å². The Kier molecular flexibility index (Phi) is 2.29. The largest absolute Gasteiger partial charge is 0.451 e. The molecule has 2 rings (SSSR count). The van der Waals surface area contributed by atoms with Gasteiger partial charge in [-0.3, -0.25) is 4.79 Å². The zero-order valence-corrected chi connectivity index (χ0v) is 9.36. The molecular formula is C11H16N2O2. The molecule has 1 aromatic heterocycles. The highest BCUT2D eigenvalue weighted by Gasteiger charge is 2.40. The van der Waals surface area contributed by atoms with Crippen LogP contribution < -0.4 is 0 Å². The van der Waals surface area contributed by atoms with E-state index in [2.05, 4.69) is 18.8 Å². The van der Waals surface area contributed by atoms with Crippen molar-refractivity contribution in [1.29, 1.82) is 0 Å². The lowest BCUT2D eigenvalue weighted by atomic mass is 9.68. The zero-order valence-electron chi connectivity index (χ0n) is 9.36. The Hall–Kier alpha value is -1.32. The number of carbonyl (C=O) groups is 1. The number of carbonyl (C=O) groups excluding carboxylic acids is 1. The van der Waals surface area contributed by atoms with Crippen molar-refractivity contribution in [3.8, 4) is 0 Å². The van der Waals surface area contributed by atoms with E-state index in [-0.39, 0.29) is 5.91 Å². The maximum absolute atomic E-state index is 11.9. The predicted octanol–water partition coefficient (Wildman–Crippen LogP) is 1.94. The third kappa shape index (κ3) is 1.89. The van der Waals surface area contributed by atoms with E-state index in [4.69, 9.17) is 4.42 Å². The highest BCUT2D eigenvalue weighted by molar-refractivity contribution is 5.92. The first-order chi connectivity index (χ1) is 6.99. The highest BCUT2D eigenvalue weighted by atomic mass is 16.3. The second-order valence-electron chi connectivity index (χ2n) is 5.02. The van der Waals surface area contributed by atoms with Gasteiger partial charge in [0.25, 0.3) is 5.91 Å². The van der Waals surface area contributed by atoms with Crippen LogP contribution in [0.1, 0.15) is 37.2 Å². The first-order valence-corrected chi connectivity index (χ1v) is 5.15. The summed E-state index contributed by atoms with van der Waals surface area (Å²) in [5, 5.41) is 0. The average molecular weight is 208 g/mol. The van der Waals surface area contributed by atoms with E-state index < -0.39 is 0 Å². The standard InChI is InChI=1S/C11H16N2O2/c1-11(2)4-8(5-11)13(3)10(14)9-6-15-7-12-9/h6-8H,4-5H2,1-3H3. The second-order valence-corrected chi connectivity index (χ2v) is 5.02. The van der Waals surface area contributed by atoms with E-state index in [0.717, 1.165) is 12.8 Å². The van der Waals surface area contributed by atoms with Gasteiger partial charge >= 0.3 is 0 Å². The molecule has 1 aliphatic rings. The molecule has 0 bridgehead atoms. The Morgan fingerprint density at radius 2 is 2.27 bits per heavy atom. The minimum atomic E-state index is -0.0516. The van der Waals surface area contributed by atoms with Crippen LogP contribution >= 0.6 is 0 Å². The zero-order chi connectivity index (χ0) is 11.1. The summed E-state index contributed by atoms with van der Waals surface area (Å²) in [6.45, 7) is 4.44. The number of rotatable bonds is 2. The molecule has 82 valence electrons. The number of hydrogen-bond donors (Lipinski definition) is 0. The van der Waals surface area contributed by atoms with Crippen LogP contribution in [-0.4, -0.2) is 28.9 Å². The molecular weight excluding hydrogens is 192 g/mol. The summed E-state index contributed by atoms with van der Waals surface area (Å²) in [7, 11) is 1.83. The molecule has 15 heavy (non-hydrogen) atoms. The number of nitrogens with zero attached hydrogens (tertiary/aromatic N) is 2. The molecule has 1 aliphatic carbocycles. The lowest BCUT2D eigenvalue weighted by molar-refractivity contribution is 0.0318. The minimum Gasteiger partial charge on any atom is -0.451 e. The molecule has 0 radical (unpaired) electrons. The molecule has 0 aliphatic heterocycles. The number of aromatic nitrogens is 1. The van der Waals surface area contributed by atoms with Gasteiger partial charge in [-0.05, 0) is 18.3 Å². The Bertz CT molecular complexity index is 349. The van der Waals surface area contributed by atoms with Crippen LogP contribution in [0, 0.1) is 5.41 Å². The van der Waals surface area contributed by atoms with Crippen molar-refractivity contribution < 1.29 is 9.21 Å². The fourth-order valence-electron chi connectivity index (χ4n) is 2.15. The first kappa shape index (κ1) is 10.2. The Morgan fingerprint density at radius 3 is 2.73 bits per heavy atom. The van der Waals surface area contributed by atoms with Gasteiger partial charge in [0.05, 0.1) is 0 Å². The normalized spacial score (nSPS) is 19.7. The summed E-state index contributed by atoms with van der Waals surface area (Å²) in [4.78, 5) is 17.5. The van der Waals surface area contributed by atoms with Crippen LogP contribution in [0.25, 0.3) is 0 Å². The molecule has 1 fully saturated rings. The van der Waals surface area contributed by atoms with Crippen LogP contribution in [0.15, 0.2) is 17.1 Å². The predicted molar refractivity (Wildman–Crippen MR) is 55.4 cm³/mol. The van der Waals surface area contributed by atoms with Gasteiger partial charge < -0.3 is 9.32 Å². The second kappa shape index (κ2) is 3.36. The van der Waals surface area contributed by atoms with Crippen LogP contribution in [-0.2, 0) is 0 Å². The number of hydrogen-bond acceptors (Lipinski definition) is 3. The van der Waals surface area contributed by atoms with Gasteiger partial charge in [0, 0.05) is 13.1 Å². The summed E-state index contributed by atoms with van der Waals surface area (Å²) in [6, 6.07) is 0.351. The molecule has 1 saturated carbocycles. The van der Waals surface area contributed by atoms with Crippen molar-refractivity contribution in [3.63, 3.8) is 0 Å². The molecule has 0 spiro atoms. The lowest BCUT2D eigenvalue weighted by Gasteiger charge is -2.46. The number of oxazole rings is 1. The fourth-order valence-corrected chi connectivity index (χ4v) is 2.15. The van der Waals surface area contributed by atoms with Gasteiger partial charge in [-0.25, -0.2) is 4.98 Å². The van der Waals surface area contributed by atoms with Crippen LogP contribution in [0.5, 0.6) is 0 Å². The first-order valence-electron chi connectivity index (χ1n) is 5.15. The Balaban J connectivity index is 1.98. The molecule has 0 atom stereocenters. The van der Waals surface area contributed by atoms with E-state index in [1.807, 2.05) is 7.05 Å². The number of amides is 1. The third-order valence-corrected chi connectivity index (χ3v) is 3.10. The van der Waals surface area contributed by atoms with Crippen LogP contribution in [0.3, 0.4) is 0 Å². The Labute approximate surface area is 89.3 Å². The van der Waals surface area contributed by atoms with Crippen molar-refractivity contribution >= 4 is 5.91 Å². The van der Waals surface area contributed by atoms with E-state index >= 15 is 0 Å². The average Bonchev–Trinajstić information content (AvgIpc) is 2.64. The van der Waals surface area contributed by atoms with Crippen LogP contribution in [0.4, 0.5) is 0 Å². The van der Waals surface area contributed by atoms with Gasteiger partial charge in [-0.1, -0.05) is 13.8 Å². The molecule has 0 saturated heterocycles. The molecule has 0 unspecified atom stereocenters. The van der Waals surface area contributed by atoms with E-state index in [1.54, 1.807) is 4.90 Å². The van der Waals surface area contributed by atoms with Crippen LogP contribution in [0.2, 0.25) is 0 Å². The molecule has 4 heteroatoms. The van der Waals surface area contributed by atoms with Gasteiger partial charge in [-0.15, -0.1) is 0 Å². The van der Waals surface area contributed by atoms with Gasteiger partial charge in [-0.2, -0.15) is 0 Å². The maximum Gasteiger partial charge on any atom is 0.275 e. The molecule has 1 heterocycles. The van der Waals surface area contributed by atoms with Crippen molar-refractivity contribution in [1.82, 2.24) is 9.88 Å². The summed E-state index contributed by atoms with van der Waals surface area (Å²) >= 11 is 0. The quantitative estimate of drug-likeness (QED) is 0.746. The van der Waals surface area contributed by atoms with Crippen molar-refractivity contribution in [2.24, 2.45) is 5.41 Å². The monoisotopic (exact) mass is 208 g/mol. The van der Waals surface area contributed by atoms with Crippen molar-refractivity contribution in [3.05, 3.63) is 18.4 Å². The van der Waals surface area contributed by atoms with Crippen molar-refractivity contribution in [2.75, 3.05) is 7.05 Å². The minimum absolute atomic E-state index is 0.0516. The molecule has 1 aromatic rings. The maximum atomic E-state index is 11.9. The molecule has 1 amide bonds. The lowest BCUT2D eigenvalue weighted by Crippen LogP contribution is -2.49. The third-order valence-electron chi connectivity index (χ3n) is 3.10. The highest BCUT2D eigenvalue weighted by Crippen LogP contribution is 2.42. The SMILES string of the molecule is CN(C(=O)c1cocn1)C1CC(C)(C)C1. The smallest absolute Gasteiger partial charge is 0.275 e. The van der Waals surface area contributed by atoms with E-state index in [1.165, 1.54) is 12.7 Å². The molecule has 0 N–H and O–H groups in total. The van der Waals surface area contributed by atoms with Gasteiger partial charge in [0.15, 0.2) is 12.1 Å². The fraction of sp³-hybridized carbons (Fsp3) is 0.636. The summed E-state index contributed by atoms with van der Waals surface area (Å²) < 4.78 is 4.80. The van der Waals surface area contributed by atoms with Gasteiger partial charge in [0.1, 0.15) is 6.26 Å². The molecule has 4 nitrogen and oxygen atoms in total.